The number of hydrogen-bond acceptors (Lipinski definition) is 2. The first-order chi connectivity index (χ1) is 7.29. The molecule has 0 saturated heterocycles. The smallest absolute Gasteiger partial charge is 0.179 e. The standard InChI is InChI=1S/C13H18FNO/c1-9-5-6-11(14)10(7-9)12(16)8-15-13(2,3)4/h5-7,15H,8H2,1-4H3. The molecule has 16 heavy (non-hydrogen) atoms. The van der Waals surface area contributed by atoms with E-state index < -0.39 is 5.82 Å². The lowest BCUT2D eigenvalue weighted by Crippen LogP contribution is -2.39. The van der Waals surface area contributed by atoms with E-state index in [-0.39, 0.29) is 23.4 Å². The van der Waals surface area contributed by atoms with Crippen molar-refractivity contribution in [1.29, 1.82) is 0 Å². The predicted octanol–water partition coefficient (Wildman–Crippen LogP) is 2.70. The number of benzene rings is 1. The highest BCUT2D eigenvalue weighted by Gasteiger charge is 2.15. The topological polar surface area (TPSA) is 29.1 Å². The van der Waals surface area contributed by atoms with E-state index in [0.29, 0.717) is 0 Å². The molecule has 0 saturated carbocycles. The maximum Gasteiger partial charge on any atom is 0.179 e. The summed E-state index contributed by atoms with van der Waals surface area (Å²) >= 11 is 0. The summed E-state index contributed by atoms with van der Waals surface area (Å²) in [5.74, 6) is -0.664. The average molecular weight is 223 g/mol. The molecule has 0 amide bonds. The first-order valence-electron chi connectivity index (χ1n) is 5.34. The van der Waals surface area contributed by atoms with Gasteiger partial charge in [-0.05, 0) is 39.8 Å². The van der Waals surface area contributed by atoms with Crippen molar-refractivity contribution in [1.82, 2.24) is 5.32 Å². The van der Waals surface area contributed by atoms with Crippen LogP contribution in [0.4, 0.5) is 4.39 Å². The van der Waals surface area contributed by atoms with Crippen molar-refractivity contribution in [3.8, 4) is 0 Å². The van der Waals surface area contributed by atoms with Crippen LogP contribution in [0.2, 0.25) is 0 Å². The van der Waals surface area contributed by atoms with Crippen molar-refractivity contribution in [2.24, 2.45) is 0 Å². The second-order valence-corrected chi connectivity index (χ2v) is 5.01. The molecule has 0 spiro atoms. The van der Waals surface area contributed by atoms with E-state index in [9.17, 15) is 9.18 Å². The van der Waals surface area contributed by atoms with Crippen molar-refractivity contribution in [3.05, 3.63) is 35.1 Å². The summed E-state index contributed by atoms with van der Waals surface area (Å²) in [7, 11) is 0. The SMILES string of the molecule is Cc1ccc(F)c(C(=O)CNC(C)(C)C)c1. The highest BCUT2D eigenvalue weighted by molar-refractivity contribution is 5.98. The Kier molecular flexibility index (Phi) is 3.81. The third kappa shape index (κ3) is 3.74. The summed E-state index contributed by atoms with van der Waals surface area (Å²) in [5, 5.41) is 3.05. The molecule has 0 bridgehead atoms. The molecule has 3 heteroatoms. The molecule has 1 N–H and O–H groups in total. The summed E-state index contributed by atoms with van der Waals surface area (Å²) in [6.45, 7) is 7.89. The third-order valence-electron chi connectivity index (χ3n) is 2.20. The molecular formula is C13H18FNO. The van der Waals surface area contributed by atoms with E-state index in [4.69, 9.17) is 0 Å². The van der Waals surface area contributed by atoms with Crippen LogP contribution >= 0.6 is 0 Å². The zero-order chi connectivity index (χ0) is 12.3. The molecule has 1 aromatic rings. The molecule has 0 aliphatic heterocycles. The van der Waals surface area contributed by atoms with Crippen LogP contribution in [0.3, 0.4) is 0 Å². The van der Waals surface area contributed by atoms with Crippen LogP contribution in [0.25, 0.3) is 0 Å². The van der Waals surface area contributed by atoms with E-state index in [0.717, 1.165) is 5.56 Å². The highest BCUT2D eigenvalue weighted by atomic mass is 19.1. The largest absolute Gasteiger partial charge is 0.305 e. The van der Waals surface area contributed by atoms with Crippen molar-refractivity contribution in [2.45, 2.75) is 33.2 Å². The second kappa shape index (κ2) is 4.74. The van der Waals surface area contributed by atoms with Gasteiger partial charge in [-0.1, -0.05) is 11.6 Å². The van der Waals surface area contributed by atoms with Gasteiger partial charge in [0, 0.05) is 5.54 Å². The summed E-state index contributed by atoms with van der Waals surface area (Å²) in [6.07, 6.45) is 0. The minimum atomic E-state index is -0.452. The maximum absolute atomic E-state index is 13.4. The van der Waals surface area contributed by atoms with Crippen LogP contribution in [0.5, 0.6) is 0 Å². The predicted molar refractivity (Wildman–Crippen MR) is 63.2 cm³/mol. The fourth-order valence-electron chi connectivity index (χ4n) is 1.29. The summed E-state index contributed by atoms with van der Waals surface area (Å²) < 4.78 is 13.4. The highest BCUT2D eigenvalue weighted by Crippen LogP contribution is 2.11. The van der Waals surface area contributed by atoms with Crippen molar-refractivity contribution in [3.63, 3.8) is 0 Å². The lowest BCUT2D eigenvalue weighted by Gasteiger charge is -2.19. The van der Waals surface area contributed by atoms with Crippen LogP contribution in [-0.4, -0.2) is 17.9 Å². The molecule has 0 atom stereocenters. The molecule has 0 radical (unpaired) electrons. The van der Waals surface area contributed by atoms with Crippen LogP contribution in [0, 0.1) is 12.7 Å². The van der Waals surface area contributed by atoms with Crippen LogP contribution < -0.4 is 5.32 Å². The minimum Gasteiger partial charge on any atom is -0.305 e. The zero-order valence-corrected chi connectivity index (χ0v) is 10.2. The molecule has 1 rings (SSSR count). The van der Waals surface area contributed by atoms with Gasteiger partial charge < -0.3 is 5.32 Å². The molecule has 0 aliphatic carbocycles. The minimum absolute atomic E-state index is 0.143. The molecule has 0 heterocycles. The number of carbonyl (C=O) groups is 1. The van der Waals surface area contributed by atoms with E-state index in [1.54, 1.807) is 12.1 Å². The number of carbonyl (C=O) groups excluding carboxylic acids is 1. The van der Waals surface area contributed by atoms with Gasteiger partial charge in [0.15, 0.2) is 5.78 Å². The van der Waals surface area contributed by atoms with E-state index in [2.05, 4.69) is 5.32 Å². The van der Waals surface area contributed by atoms with Gasteiger partial charge >= 0.3 is 0 Å². The molecule has 1 aromatic carbocycles. The molecule has 0 aromatic heterocycles. The summed E-state index contributed by atoms with van der Waals surface area (Å²) in [6, 6.07) is 4.57. The van der Waals surface area contributed by atoms with Gasteiger partial charge in [-0.25, -0.2) is 4.39 Å². The number of Topliss-reactive ketones (excluding diaryl/α,β-unsaturated/α-hetero) is 1. The van der Waals surface area contributed by atoms with E-state index in [1.165, 1.54) is 6.07 Å². The number of aryl methyl sites for hydroxylation is 1. The van der Waals surface area contributed by atoms with Gasteiger partial charge in [-0.3, -0.25) is 4.79 Å². The van der Waals surface area contributed by atoms with Crippen molar-refractivity contribution < 1.29 is 9.18 Å². The summed E-state index contributed by atoms with van der Waals surface area (Å²) in [5.41, 5.74) is 0.910. The Bertz CT molecular complexity index is 393. The Morgan fingerprint density at radius 3 is 2.56 bits per heavy atom. The Balaban J connectivity index is 2.77. The Labute approximate surface area is 95.9 Å². The molecule has 0 fully saturated rings. The monoisotopic (exact) mass is 223 g/mol. The lowest BCUT2D eigenvalue weighted by atomic mass is 10.1. The van der Waals surface area contributed by atoms with Crippen LogP contribution in [-0.2, 0) is 0 Å². The molecule has 0 unspecified atom stereocenters. The lowest BCUT2D eigenvalue weighted by molar-refractivity contribution is 0.0978. The Hall–Kier alpha value is -1.22. The number of nitrogens with one attached hydrogen (secondary N) is 1. The maximum atomic E-state index is 13.4. The van der Waals surface area contributed by atoms with Gasteiger partial charge in [-0.2, -0.15) is 0 Å². The first-order valence-corrected chi connectivity index (χ1v) is 5.34. The second-order valence-electron chi connectivity index (χ2n) is 5.01. The number of rotatable bonds is 3. The Morgan fingerprint density at radius 2 is 2.00 bits per heavy atom. The molecule has 2 nitrogen and oxygen atoms in total. The number of hydrogen-bond donors (Lipinski definition) is 1. The van der Waals surface area contributed by atoms with Crippen LogP contribution in [0.15, 0.2) is 18.2 Å². The van der Waals surface area contributed by atoms with Crippen molar-refractivity contribution >= 4 is 5.78 Å². The molecular weight excluding hydrogens is 205 g/mol. The summed E-state index contributed by atoms with van der Waals surface area (Å²) in [4.78, 5) is 11.8. The van der Waals surface area contributed by atoms with Gasteiger partial charge in [0.05, 0.1) is 12.1 Å². The fraction of sp³-hybridized carbons (Fsp3) is 0.462. The zero-order valence-electron chi connectivity index (χ0n) is 10.2. The van der Waals surface area contributed by atoms with E-state index >= 15 is 0 Å². The fourth-order valence-corrected chi connectivity index (χ4v) is 1.29. The van der Waals surface area contributed by atoms with Crippen molar-refractivity contribution in [2.75, 3.05) is 6.54 Å². The third-order valence-corrected chi connectivity index (χ3v) is 2.20. The normalized spacial score (nSPS) is 11.6. The Morgan fingerprint density at radius 1 is 1.38 bits per heavy atom. The van der Waals surface area contributed by atoms with Crippen LogP contribution in [0.1, 0.15) is 36.7 Å². The number of ketones is 1. The average Bonchev–Trinajstić information content (AvgIpc) is 2.17. The molecule has 0 aliphatic rings. The van der Waals surface area contributed by atoms with Gasteiger partial charge in [0.2, 0.25) is 0 Å². The van der Waals surface area contributed by atoms with Gasteiger partial charge in [0.1, 0.15) is 5.82 Å². The quantitative estimate of drug-likeness (QED) is 0.798. The number of halogens is 1. The first kappa shape index (κ1) is 12.8. The molecule has 88 valence electrons. The van der Waals surface area contributed by atoms with Gasteiger partial charge in [0.25, 0.3) is 0 Å². The van der Waals surface area contributed by atoms with E-state index in [1.807, 2.05) is 27.7 Å². The van der Waals surface area contributed by atoms with Gasteiger partial charge in [-0.15, -0.1) is 0 Å².